The topological polar surface area (TPSA) is 26.0 Å². The van der Waals surface area contributed by atoms with Gasteiger partial charge in [0.05, 0.1) is 0 Å². The van der Waals surface area contributed by atoms with Crippen LogP contribution in [0.2, 0.25) is 0 Å². The summed E-state index contributed by atoms with van der Waals surface area (Å²) in [5.74, 6) is -0.615. The van der Waals surface area contributed by atoms with Gasteiger partial charge in [-0.1, -0.05) is 65.2 Å². The van der Waals surface area contributed by atoms with E-state index >= 15 is 0 Å². The molecule has 104 valence electrons. The number of rotatable bonds is 11. The molecule has 0 bridgehead atoms. The molecular formula is C14H29F2N. The molecular weight excluding hydrogens is 220 g/mol. The van der Waals surface area contributed by atoms with E-state index in [0.717, 1.165) is 51.4 Å². The minimum absolute atomic E-state index is 0.579. The fourth-order valence-electron chi connectivity index (χ4n) is 2.16. The lowest BCUT2D eigenvalue weighted by Crippen LogP contribution is -2.38. The van der Waals surface area contributed by atoms with Crippen LogP contribution in [-0.2, 0) is 0 Å². The molecule has 0 aliphatic rings. The average Bonchev–Trinajstić information content (AvgIpc) is 2.25. The van der Waals surface area contributed by atoms with Crippen LogP contribution in [0.25, 0.3) is 0 Å². The molecule has 1 nitrogen and oxygen atoms in total. The lowest BCUT2D eigenvalue weighted by atomic mass is 9.92. The smallest absolute Gasteiger partial charge is 0.272 e. The highest BCUT2D eigenvalue weighted by molar-refractivity contribution is 4.71. The Morgan fingerprint density at radius 1 is 0.824 bits per heavy atom. The third-order valence-corrected chi connectivity index (χ3v) is 3.36. The van der Waals surface area contributed by atoms with Gasteiger partial charge in [0.15, 0.2) is 0 Å². The van der Waals surface area contributed by atoms with Crippen molar-refractivity contribution < 1.29 is 8.78 Å². The molecule has 17 heavy (non-hydrogen) atoms. The number of unbranched alkanes of at least 4 members (excludes halogenated alkanes) is 6. The van der Waals surface area contributed by atoms with Crippen LogP contribution in [-0.4, -0.2) is 6.05 Å². The van der Waals surface area contributed by atoms with Crippen molar-refractivity contribution in [1.82, 2.24) is 0 Å². The van der Waals surface area contributed by atoms with Gasteiger partial charge in [-0.15, -0.1) is 0 Å². The van der Waals surface area contributed by atoms with E-state index < -0.39 is 12.0 Å². The van der Waals surface area contributed by atoms with Crippen LogP contribution in [0.1, 0.15) is 78.1 Å². The van der Waals surface area contributed by atoms with Crippen molar-refractivity contribution in [2.24, 2.45) is 11.7 Å². The average molecular weight is 249 g/mol. The van der Waals surface area contributed by atoms with Gasteiger partial charge in [0.25, 0.3) is 0 Å². The molecule has 0 amide bonds. The quantitative estimate of drug-likeness (QED) is 0.400. The minimum Gasteiger partial charge on any atom is -0.272 e. The molecule has 0 rings (SSSR count). The van der Waals surface area contributed by atoms with Crippen LogP contribution in [0.3, 0.4) is 0 Å². The van der Waals surface area contributed by atoms with Crippen molar-refractivity contribution in [3.05, 3.63) is 0 Å². The van der Waals surface area contributed by atoms with Crippen molar-refractivity contribution in [3.8, 4) is 0 Å². The van der Waals surface area contributed by atoms with E-state index in [1.165, 1.54) is 0 Å². The molecule has 0 aromatic heterocycles. The van der Waals surface area contributed by atoms with Crippen LogP contribution in [0.15, 0.2) is 0 Å². The molecule has 0 aliphatic heterocycles. The molecule has 0 aromatic rings. The first-order valence-electron chi connectivity index (χ1n) is 7.19. The summed E-state index contributed by atoms with van der Waals surface area (Å²) in [5, 5.41) is 0. The first-order chi connectivity index (χ1) is 8.02. The Balaban J connectivity index is 3.81. The highest BCUT2D eigenvalue weighted by Crippen LogP contribution is 2.29. The zero-order chi connectivity index (χ0) is 13.1. The monoisotopic (exact) mass is 249 g/mol. The Labute approximate surface area is 105 Å². The minimum atomic E-state index is -2.99. The van der Waals surface area contributed by atoms with Gasteiger partial charge in [-0.25, -0.2) is 0 Å². The van der Waals surface area contributed by atoms with E-state index in [9.17, 15) is 8.78 Å². The van der Waals surface area contributed by atoms with Crippen LogP contribution >= 0.6 is 0 Å². The number of hydrogen-bond acceptors (Lipinski definition) is 1. The molecule has 0 aliphatic carbocycles. The van der Waals surface area contributed by atoms with E-state index in [0.29, 0.717) is 12.8 Å². The second-order valence-electron chi connectivity index (χ2n) is 5.07. The maximum atomic E-state index is 13.2. The molecule has 0 aromatic carbocycles. The molecule has 0 atom stereocenters. The second-order valence-corrected chi connectivity index (χ2v) is 5.07. The summed E-state index contributed by atoms with van der Waals surface area (Å²) in [6, 6.07) is -2.99. The van der Waals surface area contributed by atoms with Gasteiger partial charge < -0.3 is 0 Å². The van der Waals surface area contributed by atoms with Crippen molar-refractivity contribution in [1.29, 1.82) is 0 Å². The van der Waals surface area contributed by atoms with E-state index in [2.05, 4.69) is 13.8 Å². The Kier molecular flexibility index (Phi) is 9.71. The van der Waals surface area contributed by atoms with Gasteiger partial charge in [0.1, 0.15) is 0 Å². The third-order valence-electron chi connectivity index (χ3n) is 3.36. The van der Waals surface area contributed by atoms with Gasteiger partial charge in [0, 0.05) is 5.92 Å². The summed E-state index contributed by atoms with van der Waals surface area (Å²) >= 11 is 0. The van der Waals surface area contributed by atoms with E-state index in [1.807, 2.05) is 0 Å². The molecule has 3 heteroatoms. The maximum Gasteiger partial charge on any atom is 0.302 e. The van der Waals surface area contributed by atoms with Crippen LogP contribution in [0.4, 0.5) is 8.78 Å². The number of alkyl halides is 2. The van der Waals surface area contributed by atoms with Crippen molar-refractivity contribution in [3.63, 3.8) is 0 Å². The fourth-order valence-corrected chi connectivity index (χ4v) is 2.16. The van der Waals surface area contributed by atoms with E-state index in [-0.39, 0.29) is 0 Å². The van der Waals surface area contributed by atoms with Crippen LogP contribution in [0, 0.1) is 5.92 Å². The summed E-state index contributed by atoms with van der Waals surface area (Å²) in [6.45, 7) is 4.25. The molecule has 0 heterocycles. The number of hydrogen-bond donors (Lipinski definition) is 1. The molecule has 0 saturated carbocycles. The Morgan fingerprint density at radius 3 is 1.53 bits per heavy atom. The van der Waals surface area contributed by atoms with Crippen molar-refractivity contribution in [2.45, 2.75) is 84.1 Å². The van der Waals surface area contributed by atoms with Crippen LogP contribution < -0.4 is 5.73 Å². The second kappa shape index (κ2) is 9.81. The van der Waals surface area contributed by atoms with Crippen molar-refractivity contribution in [2.75, 3.05) is 0 Å². The highest BCUT2D eigenvalue weighted by atomic mass is 19.3. The molecule has 0 unspecified atom stereocenters. The maximum absolute atomic E-state index is 13.2. The third kappa shape index (κ3) is 9.51. The summed E-state index contributed by atoms with van der Waals surface area (Å²) in [5.41, 5.74) is 4.98. The zero-order valence-corrected chi connectivity index (χ0v) is 11.5. The van der Waals surface area contributed by atoms with Crippen molar-refractivity contribution >= 4 is 0 Å². The Hall–Kier alpha value is -0.180. The highest BCUT2D eigenvalue weighted by Gasteiger charge is 2.33. The van der Waals surface area contributed by atoms with E-state index in [1.54, 1.807) is 0 Å². The first-order valence-corrected chi connectivity index (χ1v) is 7.19. The molecule has 0 radical (unpaired) electrons. The predicted octanol–water partition coefficient (Wildman–Crippen LogP) is 5.09. The van der Waals surface area contributed by atoms with Gasteiger partial charge in [-0.2, -0.15) is 8.78 Å². The van der Waals surface area contributed by atoms with Gasteiger partial charge in [0.2, 0.25) is 0 Å². The largest absolute Gasteiger partial charge is 0.302 e. The lowest BCUT2D eigenvalue weighted by Gasteiger charge is -2.23. The Morgan fingerprint density at radius 2 is 1.24 bits per heavy atom. The molecule has 0 fully saturated rings. The fraction of sp³-hybridized carbons (Fsp3) is 1.00. The standard InChI is InChI=1S/C14H29F2N/c1-3-5-7-9-11-13(14(15,16)17)12-10-8-6-4-2/h13H,3-12,17H2,1-2H3. The Bertz CT molecular complexity index is 154. The number of halogens is 2. The van der Waals surface area contributed by atoms with Crippen LogP contribution in [0.5, 0.6) is 0 Å². The zero-order valence-electron chi connectivity index (χ0n) is 11.5. The summed E-state index contributed by atoms with van der Waals surface area (Å²) in [6.07, 6.45) is 9.59. The summed E-state index contributed by atoms with van der Waals surface area (Å²) in [4.78, 5) is 0. The summed E-state index contributed by atoms with van der Waals surface area (Å²) in [7, 11) is 0. The normalized spacial score (nSPS) is 12.4. The first kappa shape index (κ1) is 16.8. The SMILES string of the molecule is CCCCCCC(CCCCCC)C(N)(F)F. The number of nitrogens with two attached hydrogens (primary N) is 1. The summed E-state index contributed by atoms with van der Waals surface area (Å²) < 4.78 is 26.4. The lowest BCUT2D eigenvalue weighted by molar-refractivity contribution is -0.0597. The van der Waals surface area contributed by atoms with Gasteiger partial charge in [-0.3, -0.25) is 5.73 Å². The molecule has 0 spiro atoms. The van der Waals surface area contributed by atoms with Gasteiger partial charge in [-0.05, 0) is 12.8 Å². The molecule has 0 saturated heterocycles. The molecule has 2 N–H and O–H groups in total. The van der Waals surface area contributed by atoms with E-state index in [4.69, 9.17) is 5.73 Å². The van der Waals surface area contributed by atoms with Gasteiger partial charge >= 0.3 is 6.05 Å². The predicted molar refractivity (Wildman–Crippen MR) is 70.1 cm³/mol.